The second kappa shape index (κ2) is 5.20. The van der Waals surface area contributed by atoms with Crippen LogP contribution in [0.3, 0.4) is 0 Å². The van der Waals surface area contributed by atoms with Gasteiger partial charge in [0.1, 0.15) is 23.0 Å². The van der Waals surface area contributed by atoms with E-state index in [1.807, 2.05) is 0 Å². The number of aromatic hydroxyl groups is 1. The Hall–Kier alpha value is -1.85. The van der Waals surface area contributed by atoms with E-state index in [0.717, 1.165) is 0 Å². The number of phenols is 1. The fourth-order valence-corrected chi connectivity index (χ4v) is 1.59. The maximum absolute atomic E-state index is 11.9. The van der Waals surface area contributed by atoms with Crippen molar-refractivity contribution in [1.82, 2.24) is 9.97 Å². The molecule has 92 valence electrons. The van der Waals surface area contributed by atoms with E-state index >= 15 is 0 Å². The van der Waals surface area contributed by atoms with Crippen LogP contribution in [0.4, 0.5) is 5.82 Å². The first-order valence-corrected chi connectivity index (χ1v) is 5.59. The normalized spacial score (nSPS) is 10.1. The fourth-order valence-electron chi connectivity index (χ4n) is 1.28. The van der Waals surface area contributed by atoms with Crippen molar-refractivity contribution in [2.45, 2.75) is 0 Å². The number of phenolic OH excluding ortho intramolecular Hbond substituents is 1. The number of carbonyl (C=O) groups is 1. The molecule has 0 aliphatic rings. The summed E-state index contributed by atoms with van der Waals surface area (Å²) in [6.07, 6.45) is 1.22. The number of halogens is 2. The number of anilines is 1. The summed E-state index contributed by atoms with van der Waals surface area (Å²) in [6.45, 7) is 0. The molecule has 2 rings (SSSR count). The Morgan fingerprint density at radius 1 is 1.22 bits per heavy atom. The SMILES string of the molecule is O=C(Nc1cc(Cl)ncn1)c1cc(Cl)ccc1O. The van der Waals surface area contributed by atoms with Gasteiger partial charge in [-0.05, 0) is 18.2 Å². The minimum Gasteiger partial charge on any atom is -0.507 e. The lowest BCUT2D eigenvalue weighted by molar-refractivity contribution is 0.102. The van der Waals surface area contributed by atoms with Crippen molar-refractivity contribution in [2.75, 3.05) is 5.32 Å². The summed E-state index contributed by atoms with van der Waals surface area (Å²) in [4.78, 5) is 19.4. The lowest BCUT2D eigenvalue weighted by Gasteiger charge is -2.06. The second-order valence-corrected chi connectivity index (χ2v) is 4.17. The van der Waals surface area contributed by atoms with E-state index in [-0.39, 0.29) is 22.3 Å². The Kier molecular flexibility index (Phi) is 3.64. The molecule has 0 aliphatic heterocycles. The van der Waals surface area contributed by atoms with Crippen molar-refractivity contribution in [3.8, 4) is 5.75 Å². The highest BCUT2D eigenvalue weighted by atomic mass is 35.5. The Bertz CT molecular complexity index is 605. The van der Waals surface area contributed by atoms with Crippen molar-refractivity contribution in [2.24, 2.45) is 0 Å². The zero-order chi connectivity index (χ0) is 13.1. The van der Waals surface area contributed by atoms with Gasteiger partial charge >= 0.3 is 0 Å². The van der Waals surface area contributed by atoms with Gasteiger partial charge < -0.3 is 10.4 Å². The molecule has 0 saturated heterocycles. The monoisotopic (exact) mass is 283 g/mol. The van der Waals surface area contributed by atoms with Crippen LogP contribution in [0.1, 0.15) is 10.4 Å². The van der Waals surface area contributed by atoms with Crippen LogP contribution < -0.4 is 5.32 Å². The van der Waals surface area contributed by atoms with Crippen molar-refractivity contribution in [3.63, 3.8) is 0 Å². The Morgan fingerprint density at radius 3 is 2.72 bits per heavy atom. The average molecular weight is 284 g/mol. The third kappa shape index (κ3) is 2.88. The van der Waals surface area contributed by atoms with E-state index in [2.05, 4.69) is 15.3 Å². The second-order valence-electron chi connectivity index (χ2n) is 3.34. The van der Waals surface area contributed by atoms with Gasteiger partial charge in [-0.15, -0.1) is 0 Å². The van der Waals surface area contributed by atoms with Crippen LogP contribution in [0.15, 0.2) is 30.6 Å². The van der Waals surface area contributed by atoms with Gasteiger partial charge in [0.2, 0.25) is 0 Å². The number of aromatic nitrogens is 2. The minimum absolute atomic E-state index is 0.0530. The average Bonchev–Trinajstić information content (AvgIpc) is 2.32. The molecule has 0 bridgehead atoms. The van der Waals surface area contributed by atoms with Gasteiger partial charge in [-0.2, -0.15) is 0 Å². The predicted octanol–water partition coefficient (Wildman–Crippen LogP) is 2.74. The van der Waals surface area contributed by atoms with Gasteiger partial charge in [0.05, 0.1) is 5.56 Å². The molecule has 1 aromatic heterocycles. The lowest BCUT2D eigenvalue weighted by atomic mass is 10.2. The largest absolute Gasteiger partial charge is 0.507 e. The van der Waals surface area contributed by atoms with E-state index < -0.39 is 5.91 Å². The maximum atomic E-state index is 11.9. The van der Waals surface area contributed by atoms with E-state index in [4.69, 9.17) is 23.2 Å². The molecule has 0 aliphatic carbocycles. The minimum atomic E-state index is -0.537. The smallest absolute Gasteiger partial charge is 0.260 e. The number of nitrogens with zero attached hydrogens (tertiary/aromatic N) is 2. The molecule has 1 heterocycles. The summed E-state index contributed by atoms with van der Waals surface area (Å²) in [5.41, 5.74) is 0.0530. The third-order valence-electron chi connectivity index (χ3n) is 2.08. The highest BCUT2D eigenvalue weighted by molar-refractivity contribution is 6.31. The molecule has 0 saturated carbocycles. The Balaban J connectivity index is 2.24. The summed E-state index contributed by atoms with van der Waals surface area (Å²) in [5.74, 6) is -0.471. The number of hydrogen-bond acceptors (Lipinski definition) is 4. The summed E-state index contributed by atoms with van der Waals surface area (Å²) < 4.78 is 0. The van der Waals surface area contributed by atoms with Gasteiger partial charge in [0, 0.05) is 11.1 Å². The quantitative estimate of drug-likeness (QED) is 0.831. The zero-order valence-electron chi connectivity index (χ0n) is 8.89. The van der Waals surface area contributed by atoms with E-state index in [1.54, 1.807) is 0 Å². The van der Waals surface area contributed by atoms with Crippen LogP contribution in [0.2, 0.25) is 10.2 Å². The molecular formula is C11H7Cl2N3O2. The predicted molar refractivity (Wildman–Crippen MR) is 68.1 cm³/mol. The molecule has 1 amide bonds. The van der Waals surface area contributed by atoms with Crippen LogP contribution in [0, 0.1) is 0 Å². The summed E-state index contributed by atoms with van der Waals surface area (Å²) in [5, 5.41) is 12.6. The molecular weight excluding hydrogens is 277 g/mol. The van der Waals surface area contributed by atoms with E-state index in [9.17, 15) is 9.90 Å². The van der Waals surface area contributed by atoms with Crippen LogP contribution in [0.5, 0.6) is 5.75 Å². The molecule has 0 atom stereocenters. The summed E-state index contributed by atoms with van der Waals surface area (Å²) >= 11 is 11.4. The highest BCUT2D eigenvalue weighted by Gasteiger charge is 2.12. The molecule has 7 heteroatoms. The zero-order valence-corrected chi connectivity index (χ0v) is 10.4. The number of carbonyl (C=O) groups excluding carboxylic acids is 1. The molecule has 5 nitrogen and oxygen atoms in total. The van der Waals surface area contributed by atoms with Gasteiger partial charge in [-0.25, -0.2) is 9.97 Å². The number of amides is 1. The van der Waals surface area contributed by atoms with Gasteiger partial charge in [-0.1, -0.05) is 23.2 Å². The van der Waals surface area contributed by atoms with Crippen LogP contribution in [-0.2, 0) is 0 Å². The number of nitrogens with one attached hydrogen (secondary N) is 1. The first kappa shape index (κ1) is 12.6. The topological polar surface area (TPSA) is 75.1 Å². The summed E-state index contributed by atoms with van der Waals surface area (Å²) in [6, 6.07) is 5.56. The first-order valence-electron chi connectivity index (χ1n) is 4.83. The van der Waals surface area contributed by atoms with Gasteiger partial charge in [-0.3, -0.25) is 4.79 Å². The van der Waals surface area contributed by atoms with Gasteiger partial charge in [0.25, 0.3) is 5.91 Å². The van der Waals surface area contributed by atoms with Crippen LogP contribution in [-0.4, -0.2) is 21.0 Å². The molecule has 2 N–H and O–H groups in total. The van der Waals surface area contributed by atoms with Crippen molar-refractivity contribution < 1.29 is 9.90 Å². The maximum Gasteiger partial charge on any atom is 0.260 e. The number of hydrogen-bond donors (Lipinski definition) is 2. The third-order valence-corrected chi connectivity index (χ3v) is 2.52. The first-order chi connectivity index (χ1) is 8.56. The molecule has 18 heavy (non-hydrogen) atoms. The van der Waals surface area contributed by atoms with Crippen molar-refractivity contribution >= 4 is 34.9 Å². The lowest BCUT2D eigenvalue weighted by Crippen LogP contribution is -2.13. The van der Waals surface area contributed by atoms with Crippen LogP contribution in [0.25, 0.3) is 0 Å². The molecule has 0 spiro atoms. The van der Waals surface area contributed by atoms with E-state index in [0.29, 0.717) is 5.02 Å². The van der Waals surface area contributed by atoms with Crippen molar-refractivity contribution in [1.29, 1.82) is 0 Å². The Labute approximate surface area is 112 Å². The number of benzene rings is 1. The number of rotatable bonds is 2. The summed E-state index contributed by atoms with van der Waals surface area (Å²) in [7, 11) is 0. The van der Waals surface area contributed by atoms with E-state index in [1.165, 1.54) is 30.6 Å². The molecule has 1 aromatic carbocycles. The molecule has 0 radical (unpaired) electrons. The molecule has 2 aromatic rings. The standard InChI is InChI=1S/C11H7Cl2N3O2/c12-6-1-2-8(17)7(3-6)11(18)16-10-4-9(13)14-5-15-10/h1-5,17H,(H,14,15,16,18). The Morgan fingerprint density at radius 2 is 2.00 bits per heavy atom. The van der Waals surface area contributed by atoms with Crippen LogP contribution >= 0.6 is 23.2 Å². The van der Waals surface area contributed by atoms with Gasteiger partial charge in [0.15, 0.2) is 0 Å². The van der Waals surface area contributed by atoms with Crippen molar-refractivity contribution in [3.05, 3.63) is 46.3 Å². The fraction of sp³-hybridized carbons (Fsp3) is 0. The molecule has 0 fully saturated rings. The molecule has 0 unspecified atom stereocenters. The highest BCUT2D eigenvalue weighted by Crippen LogP contribution is 2.22.